The molecular weight excluding hydrogens is 466 g/mol. The predicted octanol–water partition coefficient (Wildman–Crippen LogP) is 4.66. The number of likely N-dealkylation sites (tertiary alicyclic amines) is 1. The molecule has 9 nitrogen and oxygen atoms in total. The Balaban J connectivity index is 1.29. The fourth-order valence-electron chi connectivity index (χ4n) is 5.91. The van der Waals surface area contributed by atoms with Gasteiger partial charge >= 0.3 is 0 Å². The Bertz CT molecular complexity index is 1600. The molecule has 2 fully saturated rings. The summed E-state index contributed by atoms with van der Waals surface area (Å²) in [5.41, 5.74) is 2.44. The molecule has 1 amide bonds. The van der Waals surface area contributed by atoms with E-state index < -0.39 is 0 Å². The van der Waals surface area contributed by atoms with E-state index in [1.165, 1.54) is 0 Å². The fraction of sp³-hybridized carbons (Fsp3) is 0.393. The highest BCUT2D eigenvalue weighted by Crippen LogP contribution is 2.32. The van der Waals surface area contributed by atoms with Crippen LogP contribution in [0.4, 0.5) is 11.6 Å². The summed E-state index contributed by atoms with van der Waals surface area (Å²) in [6.07, 6.45) is 9.67. The molecule has 1 N–H and O–H groups in total. The van der Waals surface area contributed by atoms with Gasteiger partial charge in [0.05, 0.1) is 0 Å². The van der Waals surface area contributed by atoms with E-state index in [0.717, 1.165) is 68.2 Å². The zero-order valence-corrected chi connectivity index (χ0v) is 20.9. The predicted molar refractivity (Wildman–Crippen MR) is 142 cm³/mol. The topological polar surface area (TPSA) is 109 Å². The van der Waals surface area contributed by atoms with E-state index in [-0.39, 0.29) is 23.1 Å². The number of carbonyl (C=O) groups excluding carboxylic acids is 1. The number of hydrogen-bond acceptors (Lipinski definition) is 6. The number of benzene rings is 1. The van der Waals surface area contributed by atoms with Gasteiger partial charge in [-0.3, -0.25) is 14.2 Å². The summed E-state index contributed by atoms with van der Waals surface area (Å²) >= 11 is 0. The van der Waals surface area contributed by atoms with Crippen LogP contribution >= 0.6 is 0 Å². The van der Waals surface area contributed by atoms with Gasteiger partial charge in [-0.15, -0.1) is 0 Å². The summed E-state index contributed by atoms with van der Waals surface area (Å²) in [7, 11) is 0. The molecule has 0 atom stereocenters. The fourth-order valence-corrected chi connectivity index (χ4v) is 5.91. The summed E-state index contributed by atoms with van der Waals surface area (Å²) in [4.78, 5) is 35.8. The maximum atomic E-state index is 13.0. The molecule has 4 heterocycles. The van der Waals surface area contributed by atoms with Crippen molar-refractivity contribution >= 4 is 39.5 Å². The van der Waals surface area contributed by atoms with Crippen molar-refractivity contribution in [3.8, 4) is 6.07 Å². The zero-order valence-electron chi connectivity index (χ0n) is 20.9. The summed E-state index contributed by atoms with van der Waals surface area (Å²) in [6.45, 7) is 3.22. The Morgan fingerprint density at radius 1 is 1.05 bits per heavy atom. The summed E-state index contributed by atoms with van der Waals surface area (Å²) in [6, 6.07) is 12.4. The third kappa shape index (κ3) is 4.22. The molecule has 3 aromatic heterocycles. The average Bonchev–Trinajstić information content (AvgIpc) is 3.58. The third-order valence-corrected chi connectivity index (χ3v) is 7.86. The lowest BCUT2D eigenvalue weighted by Crippen LogP contribution is -2.37. The number of hydrogen-bond donors (Lipinski definition) is 1. The van der Waals surface area contributed by atoms with Crippen LogP contribution in [0.1, 0.15) is 63.1 Å². The lowest BCUT2D eigenvalue weighted by molar-refractivity contribution is -0.130. The van der Waals surface area contributed by atoms with Crippen LogP contribution in [0.5, 0.6) is 0 Å². The minimum absolute atomic E-state index is 0.0597. The minimum atomic E-state index is -0.275. The first-order valence-corrected chi connectivity index (χ1v) is 13.0. The van der Waals surface area contributed by atoms with Crippen LogP contribution in [-0.2, 0) is 4.79 Å². The minimum Gasteiger partial charge on any atom is -0.344 e. The summed E-state index contributed by atoms with van der Waals surface area (Å²) < 4.78 is 4.02. The number of pyridine rings is 1. The number of amides is 1. The quantitative estimate of drug-likeness (QED) is 0.441. The first kappa shape index (κ1) is 23.2. The normalized spacial score (nSPS) is 16.9. The van der Waals surface area contributed by atoms with Gasteiger partial charge in [0.25, 0.3) is 5.56 Å². The van der Waals surface area contributed by atoms with E-state index in [1.54, 1.807) is 23.8 Å². The first-order chi connectivity index (χ1) is 18.0. The smallest absolute Gasteiger partial charge is 0.270 e. The van der Waals surface area contributed by atoms with Gasteiger partial charge < -0.3 is 14.8 Å². The van der Waals surface area contributed by atoms with Crippen molar-refractivity contribution in [2.24, 2.45) is 0 Å². The molecule has 188 valence electrons. The van der Waals surface area contributed by atoms with E-state index in [9.17, 15) is 14.9 Å². The monoisotopic (exact) mass is 495 g/mol. The molecule has 6 rings (SSSR count). The van der Waals surface area contributed by atoms with Crippen LogP contribution in [-0.4, -0.2) is 43.0 Å². The Morgan fingerprint density at radius 2 is 1.84 bits per heavy atom. The van der Waals surface area contributed by atoms with E-state index >= 15 is 0 Å². The number of carbonyl (C=O) groups is 1. The van der Waals surface area contributed by atoms with Crippen LogP contribution in [0.2, 0.25) is 0 Å². The van der Waals surface area contributed by atoms with E-state index in [2.05, 4.69) is 39.3 Å². The van der Waals surface area contributed by atoms with Gasteiger partial charge in [0.15, 0.2) is 0 Å². The van der Waals surface area contributed by atoms with Crippen LogP contribution in [0.15, 0.2) is 47.5 Å². The van der Waals surface area contributed by atoms with Gasteiger partial charge in [0.1, 0.15) is 17.3 Å². The van der Waals surface area contributed by atoms with Gasteiger partial charge in [-0.1, -0.05) is 12.8 Å². The number of rotatable bonds is 4. The average molecular weight is 496 g/mol. The van der Waals surface area contributed by atoms with E-state index in [4.69, 9.17) is 4.98 Å². The second-order valence-electron chi connectivity index (χ2n) is 10.1. The van der Waals surface area contributed by atoms with Crippen molar-refractivity contribution < 1.29 is 4.79 Å². The molecule has 1 aliphatic heterocycles. The van der Waals surface area contributed by atoms with E-state index in [1.807, 2.05) is 17.0 Å². The van der Waals surface area contributed by atoms with Crippen molar-refractivity contribution in [2.45, 2.75) is 57.5 Å². The molecule has 2 aliphatic rings. The van der Waals surface area contributed by atoms with Crippen molar-refractivity contribution in [1.29, 1.82) is 5.26 Å². The van der Waals surface area contributed by atoms with Crippen LogP contribution in [0.25, 0.3) is 21.9 Å². The molecular formula is C28H29N7O2. The highest BCUT2D eigenvalue weighted by Gasteiger charge is 2.24. The van der Waals surface area contributed by atoms with Crippen LogP contribution in [0, 0.1) is 11.3 Å². The molecule has 1 aromatic carbocycles. The second-order valence-corrected chi connectivity index (χ2v) is 10.1. The lowest BCUT2D eigenvalue weighted by atomic mass is 10.0. The van der Waals surface area contributed by atoms with Crippen molar-refractivity contribution in [3.05, 3.63) is 58.6 Å². The van der Waals surface area contributed by atoms with E-state index in [0.29, 0.717) is 23.0 Å². The van der Waals surface area contributed by atoms with Gasteiger partial charge in [-0.2, -0.15) is 10.2 Å². The number of anilines is 2. The first-order valence-electron chi connectivity index (χ1n) is 13.0. The molecule has 0 spiro atoms. The summed E-state index contributed by atoms with van der Waals surface area (Å²) in [5.74, 6) is 0.562. The number of nitrogens with zero attached hydrogens (tertiary/aromatic N) is 6. The highest BCUT2D eigenvalue weighted by atomic mass is 16.2. The van der Waals surface area contributed by atoms with Crippen LogP contribution in [0.3, 0.4) is 0 Å². The molecule has 1 saturated heterocycles. The molecule has 0 radical (unpaired) electrons. The number of piperidine rings is 1. The Hall–Kier alpha value is -4.19. The van der Waals surface area contributed by atoms with Gasteiger partial charge in [-0.05, 0) is 56.0 Å². The SMILES string of the molecule is CC(=O)N1CCC(n2ccc3cc(Nc4ncc5cc(C#N)c(=O)n(C6CCCC6)c5n4)ccc32)CC1. The highest BCUT2D eigenvalue weighted by molar-refractivity contribution is 5.85. The largest absolute Gasteiger partial charge is 0.344 e. The number of nitriles is 1. The van der Waals surface area contributed by atoms with Crippen molar-refractivity contribution in [3.63, 3.8) is 0 Å². The molecule has 1 saturated carbocycles. The summed E-state index contributed by atoms with van der Waals surface area (Å²) in [5, 5.41) is 14.6. The number of nitrogens with one attached hydrogen (secondary N) is 1. The zero-order chi connectivity index (χ0) is 25.5. The van der Waals surface area contributed by atoms with Gasteiger partial charge in [0, 0.05) is 66.5 Å². The van der Waals surface area contributed by atoms with Gasteiger partial charge in [-0.25, -0.2) is 4.98 Å². The van der Waals surface area contributed by atoms with Gasteiger partial charge in [0.2, 0.25) is 11.9 Å². The Kier molecular flexibility index (Phi) is 5.87. The van der Waals surface area contributed by atoms with Crippen LogP contribution < -0.4 is 10.9 Å². The molecule has 1 aliphatic carbocycles. The molecule has 4 aromatic rings. The Labute approximate surface area is 214 Å². The number of fused-ring (bicyclic) bond motifs is 2. The van der Waals surface area contributed by atoms with Crippen molar-refractivity contribution in [1.82, 2.24) is 24.0 Å². The maximum Gasteiger partial charge on any atom is 0.270 e. The lowest BCUT2D eigenvalue weighted by Gasteiger charge is -2.32. The van der Waals surface area contributed by atoms with Crippen molar-refractivity contribution in [2.75, 3.05) is 18.4 Å². The molecule has 0 unspecified atom stereocenters. The second kappa shape index (κ2) is 9.36. The maximum absolute atomic E-state index is 13.0. The molecule has 37 heavy (non-hydrogen) atoms. The Morgan fingerprint density at radius 3 is 2.57 bits per heavy atom. The molecule has 9 heteroatoms. The number of aromatic nitrogens is 4. The third-order valence-electron chi connectivity index (χ3n) is 7.86. The molecule has 0 bridgehead atoms. The standard InChI is InChI=1S/C28H29N7O2/c1-18(36)33-11-9-23(10-12-33)34-13-8-19-15-22(6-7-25(19)34)31-28-30-17-21-14-20(16-29)27(37)35(26(21)32-28)24-4-2-3-5-24/h6-8,13-15,17,23-24H,2-5,9-12H2,1H3,(H,30,31,32).